The summed E-state index contributed by atoms with van der Waals surface area (Å²) in [4.78, 5) is 0. The average Bonchev–Trinajstić information content (AvgIpc) is 1.76. The van der Waals surface area contributed by atoms with Crippen molar-refractivity contribution in [3.63, 3.8) is 0 Å². The first kappa shape index (κ1) is 15.7. The van der Waals surface area contributed by atoms with Gasteiger partial charge in [0.2, 0.25) is 0 Å². The Kier molecular flexibility index (Phi) is 19.9. The minimum atomic E-state index is 0. The summed E-state index contributed by atoms with van der Waals surface area (Å²) < 4.78 is 0. The molecule has 47 valence electrons. The second-order valence-corrected chi connectivity index (χ2v) is 1.00. The molecule has 1 radical (unpaired) electrons. The summed E-state index contributed by atoms with van der Waals surface area (Å²) in [7, 11) is 0. The second kappa shape index (κ2) is 10.2. The number of hydrogen-bond acceptors (Lipinski definition) is 0. The van der Waals surface area contributed by atoms with E-state index >= 15 is 0 Å². The van der Waals surface area contributed by atoms with E-state index in [0.29, 0.717) is 0 Å². The molecule has 0 unspecified atom stereocenters. The van der Waals surface area contributed by atoms with Crippen LogP contribution in [0, 0.1) is 20.9 Å². The molecule has 0 atom stereocenters. The van der Waals surface area contributed by atoms with Gasteiger partial charge in [-0.25, -0.2) is 12.2 Å². The van der Waals surface area contributed by atoms with Crippen LogP contribution >= 0.6 is 0 Å². The maximum Gasteiger partial charge on any atom is 3.00 e. The molecule has 0 saturated heterocycles. The fourth-order valence-electron chi connectivity index (χ4n) is 0.340. The van der Waals surface area contributed by atoms with E-state index in [1.807, 2.05) is 12.2 Å². The Balaban J connectivity index is -0.0000000833. The summed E-state index contributed by atoms with van der Waals surface area (Å²) in [5.41, 5.74) is 0. The Morgan fingerprint density at radius 1 is 1.25 bits per heavy atom. The summed E-state index contributed by atoms with van der Waals surface area (Å²) in [6.45, 7) is 0. The van der Waals surface area contributed by atoms with Gasteiger partial charge in [0, 0.05) is 0 Å². The second-order valence-electron chi connectivity index (χ2n) is 1.00. The van der Waals surface area contributed by atoms with Crippen molar-refractivity contribution in [2.45, 2.75) is 6.42 Å². The van der Waals surface area contributed by atoms with Gasteiger partial charge in [0.05, 0.1) is 0 Å². The Morgan fingerprint density at radius 3 is 2.00 bits per heavy atom. The molecule has 0 amide bonds. The fraction of sp³-hybridized carbons (Fsp3) is 0.143. The molecule has 0 aromatic rings. The van der Waals surface area contributed by atoms with Gasteiger partial charge >= 0.3 is 19.5 Å². The van der Waals surface area contributed by atoms with Crippen molar-refractivity contribution in [1.29, 1.82) is 0 Å². The first-order chi connectivity index (χ1) is 2.50. The molecule has 1 rings (SSSR count). The summed E-state index contributed by atoms with van der Waals surface area (Å²) in [6.07, 6.45) is 10.0. The van der Waals surface area contributed by atoms with E-state index < -0.39 is 0 Å². The Hall–Kier alpha value is 0.103. The Bertz CT molecular complexity index is 62.5. The van der Waals surface area contributed by atoms with Crippen LogP contribution in [0.25, 0.3) is 0 Å². The normalized spacial score (nSPS) is 11.0. The van der Waals surface area contributed by atoms with Gasteiger partial charge < -0.3 is 14.9 Å². The van der Waals surface area contributed by atoms with Crippen molar-refractivity contribution in [2.24, 2.45) is 0 Å². The van der Waals surface area contributed by atoms with Crippen LogP contribution in [0.15, 0.2) is 18.2 Å². The maximum absolute atomic E-state index is 2.99. The molecule has 0 aliphatic heterocycles. The van der Waals surface area contributed by atoms with Crippen molar-refractivity contribution in [1.82, 2.24) is 0 Å². The van der Waals surface area contributed by atoms with Crippen LogP contribution in [0.4, 0.5) is 0 Å². The zero-order chi connectivity index (χ0) is 3.54. The predicted molar refractivity (Wildman–Crippen MR) is 34.4 cm³/mol. The van der Waals surface area contributed by atoms with E-state index in [9.17, 15) is 0 Å². The van der Waals surface area contributed by atoms with Gasteiger partial charge in [0.15, 0.2) is 0 Å². The van der Waals surface area contributed by atoms with Gasteiger partial charge in [-0.3, -0.25) is 6.08 Å². The summed E-state index contributed by atoms with van der Waals surface area (Å²) in [5.74, 6) is 0. The monoisotopic (exact) mass is 197 g/mol. The van der Waals surface area contributed by atoms with E-state index in [0.717, 1.165) is 6.42 Å². The van der Waals surface area contributed by atoms with E-state index in [1.54, 1.807) is 0 Å². The van der Waals surface area contributed by atoms with Crippen molar-refractivity contribution in [3.05, 3.63) is 39.2 Å². The number of rotatable bonds is 0. The summed E-state index contributed by atoms with van der Waals surface area (Å²) in [6, 6.07) is 0. The third-order valence-corrected chi connectivity index (χ3v) is 0.586. The molecule has 1 aliphatic carbocycles. The van der Waals surface area contributed by atoms with E-state index in [2.05, 4.69) is 12.2 Å². The summed E-state index contributed by atoms with van der Waals surface area (Å²) >= 11 is 0. The topological polar surface area (TPSA) is 0 Å². The molecular formula is C7H11Ru. The van der Waals surface area contributed by atoms with Crippen molar-refractivity contribution in [2.75, 3.05) is 0 Å². The zero-order valence-electron chi connectivity index (χ0n) is 5.29. The number of hydrogen-bond donors (Lipinski definition) is 0. The molecule has 0 N–H and O–H groups in total. The first-order valence-corrected chi connectivity index (χ1v) is 1.72. The van der Waals surface area contributed by atoms with Crippen molar-refractivity contribution >= 4 is 0 Å². The minimum Gasteiger partial charge on any atom is -0.358 e. The molecular weight excluding hydrogens is 185 g/mol. The third-order valence-electron chi connectivity index (χ3n) is 0.586. The van der Waals surface area contributed by atoms with E-state index in [1.165, 1.54) is 0 Å². The van der Waals surface area contributed by atoms with Crippen LogP contribution in [-0.2, 0) is 19.5 Å². The maximum atomic E-state index is 2.99. The van der Waals surface area contributed by atoms with Gasteiger partial charge in [-0.2, -0.15) is 6.08 Å². The molecule has 0 aromatic heterocycles. The summed E-state index contributed by atoms with van der Waals surface area (Å²) in [5, 5.41) is 0. The zero-order valence-corrected chi connectivity index (χ0v) is 7.03. The van der Waals surface area contributed by atoms with Gasteiger partial charge in [-0.15, -0.1) is 6.42 Å². The van der Waals surface area contributed by atoms with Crippen LogP contribution in [-0.4, -0.2) is 0 Å². The number of allylic oxidation sites excluding steroid dienone is 4. The minimum absolute atomic E-state index is 0. The molecule has 0 bridgehead atoms. The van der Waals surface area contributed by atoms with E-state index in [-0.39, 0.29) is 34.3 Å². The average molecular weight is 196 g/mol. The van der Waals surface area contributed by atoms with E-state index in [4.69, 9.17) is 0 Å². The standard InChI is InChI=1S/C5H5.2CH3.Ru/c1-2-4-5-3-1;;;/h1-3H,4H2;2*1H3;/q3*-1;+3. The van der Waals surface area contributed by atoms with Crippen LogP contribution in [0.3, 0.4) is 0 Å². The molecule has 0 spiro atoms. The van der Waals surface area contributed by atoms with Crippen molar-refractivity contribution in [3.8, 4) is 0 Å². The van der Waals surface area contributed by atoms with Gasteiger partial charge in [-0.05, 0) is 0 Å². The molecule has 0 aromatic carbocycles. The van der Waals surface area contributed by atoms with Crippen LogP contribution in [0.1, 0.15) is 6.42 Å². The smallest absolute Gasteiger partial charge is 0.358 e. The molecule has 8 heavy (non-hydrogen) atoms. The van der Waals surface area contributed by atoms with Crippen LogP contribution in [0.5, 0.6) is 0 Å². The van der Waals surface area contributed by atoms with Gasteiger partial charge in [0.1, 0.15) is 0 Å². The molecule has 0 heterocycles. The Morgan fingerprint density at radius 2 is 1.88 bits per heavy atom. The van der Waals surface area contributed by atoms with Crippen LogP contribution in [0.2, 0.25) is 0 Å². The molecule has 1 aliphatic rings. The van der Waals surface area contributed by atoms with Crippen molar-refractivity contribution < 1.29 is 19.5 Å². The SMILES string of the molecule is [C-]1=CC=CC1.[CH3-].[CH3-].[Ru+3]. The molecule has 1 heteroatoms. The third kappa shape index (κ3) is 6.10. The molecule has 0 saturated carbocycles. The largest absolute Gasteiger partial charge is 3.00 e. The van der Waals surface area contributed by atoms with Gasteiger partial charge in [0.25, 0.3) is 0 Å². The molecule has 0 fully saturated rings. The quantitative estimate of drug-likeness (QED) is 0.411. The van der Waals surface area contributed by atoms with Gasteiger partial charge in [-0.1, -0.05) is 0 Å². The molecule has 0 nitrogen and oxygen atoms in total. The first-order valence-electron chi connectivity index (χ1n) is 1.72. The predicted octanol–water partition coefficient (Wildman–Crippen LogP) is 2.20. The Labute approximate surface area is 65.4 Å². The van der Waals surface area contributed by atoms with Crippen LogP contribution < -0.4 is 0 Å². The fourth-order valence-corrected chi connectivity index (χ4v) is 0.340.